The molecule has 10 fully saturated rings. The first kappa shape index (κ1) is 17.0. The summed E-state index contributed by atoms with van der Waals surface area (Å²) in [6.45, 7) is 7.94. The minimum atomic E-state index is -3.18. The molecule has 0 aromatic carbocycles. The van der Waals surface area contributed by atoms with Crippen LogP contribution in [-0.4, -0.2) is 0 Å². The molecule has 5 atom stereocenters. The van der Waals surface area contributed by atoms with E-state index < -0.39 is 6.51 Å². The summed E-state index contributed by atoms with van der Waals surface area (Å²) in [4.78, 5) is 8.75. The Bertz CT molecular complexity index is 1230. The second kappa shape index (κ2) is 2.28. The van der Waals surface area contributed by atoms with Gasteiger partial charge in [-0.15, -0.1) is 0 Å². The van der Waals surface area contributed by atoms with Crippen molar-refractivity contribution in [2.24, 2.45) is 0 Å². The number of unbranched alkanes of at least 4 members (excludes halogenated alkanes) is 13. The van der Waals surface area contributed by atoms with Crippen molar-refractivity contribution in [3.8, 4) is 0 Å². The third-order valence-corrected chi connectivity index (χ3v) is 70.2. The molecule has 10 aliphatic heterocycles. The van der Waals surface area contributed by atoms with Crippen LogP contribution in [0.4, 0.5) is 0 Å². The van der Waals surface area contributed by atoms with Crippen LogP contribution in [-0.2, 0) is 6.51 Å². The normalized spacial score (nSPS) is 80.3. The molecular weight excluding hydrogens is 404 g/mol. The second-order valence-corrected chi connectivity index (χ2v) is 39.9. The molecule has 10 rings (SSSR count). The van der Waals surface area contributed by atoms with E-state index in [0.717, 1.165) is 17.3 Å². The van der Waals surface area contributed by atoms with Gasteiger partial charge in [-0.25, -0.2) is 0 Å². The van der Waals surface area contributed by atoms with Crippen LogP contribution in [0.5, 0.6) is 0 Å². The molecule has 1 spiro atoms. The van der Waals surface area contributed by atoms with Crippen LogP contribution in [0, 0.1) is 0 Å². The van der Waals surface area contributed by atoms with Crippen LogP contribution in [0.2, 0.25) is 46.2 Å². The fourth-order valence-electron chi connectivity index (χ4n) is 24.4. The summed E-state index contributed by atoms with van der Waals surface area (Å²) in [6.07, 6.45) is 22.9. The zero-order valence-electron chi connectivity index (χ0n) is 20.4. The Morgan fingerprint density at radius 1 is 0.533 bits per heavy atom. The average Bonchev–Trinajstić information content (AvgIpc) is 3.70. The van der Waals surface area contributed by atoms with Crippen molar-refractivity contribution in [2.75, 3.05) is 0 Å². The van der Waals surface area contributed by atoms with Gasteiger partial charge in [0.15, 0.2) is 0 Å². The van der Waals surface area contributed by atoms with Crippen LogP contribution in [0.25, 0.3) is 0 Å². The maximum absolute atomic E-state index is 3.18. The molecule has 0 bridgehead atoms. The van der Waals surface area contributed by atoms with E-state index in [4.69, 9.17) is 0 Å². The van der Waals surface area contributed by atoms with Crippen molar-refractivity contribution in [1.82, 2.24) is 0 Å². The number of rotatable bonds is 15. The van der Waals surface area contributed by atoms with Crippen molar-refractivity contribution < 1.29 is 6.51 Å². The molecule has 0 amide bonds. The Kier molecular flexibility index (Phi) is 1.30. The summed E-state index contributed by atoms with van der Waals surface area (Å²) in [5, 5.41) is 0. The molecule has 10 aliphatic rings. The third-order valence-electron chi connectivity index (χ3n) is 21.9. The van der Waals surface area contributed by atoms with Gasteiger partial charge in [-0.2, -0.15) is 0 Å². The third kappa shape index (κ3) is 0.291. The Hall–Kier alpha value is 0.519. The fourth-order valence-corrected chi connectivity index (χ4v) is 109. The Balaban J connectivity index is 0.719. The molecule has 5 unspecified atom stereocenters. The van der Waals surface area contributed by atoms with Crippen molar-refractivity contribution in [2.45, 2.75) is 170 Å². The molecule has 10 heterocycles. The Morgan fingerprint density at radius 3 is 1.20 bits per heavy atom. The van der Waals surface area contributed by atoms with E-state index in [1.54, 1.807) is 25.7 Å². The molecule has 1 heteroatoms. The zero-order valence-corrected chi connectivity index (χ0v) is 21.5. The van der Waals surface area contributed by atoms with Crippen LogP contribution in [0.15, 0.2) is 0 Å². The van der Waals surface area contributed by atoms with E-state index in [-0.39, 0.29) is 0 Å². The first-order chi connectivity index (χ1) is 14.3. The summed E-state index contributed by atoms with van der Waals surface area (Å²) < 4.78 is 4.18. The van der Waals surface area contributed by atoms with Gasteiger partial charge in [0.25, 0.3) is 0 Å². The van der Waals surface area contributed by atoms with E-state index in [2.05, 4.69) is 27.7 Å². The van der Waals surface area contributed by atoms with E-state index in [1.165, 1.54) is 99.5 Å². The van der Waals surface area contributed by atoms with Crippen LogP contribution in [0.3, 0.4) is 0 Å². The molecule has 0 aliphatic carbocycles. The quantitative estimate of drug-likeness (QED) is 0.171. The van der Waals surface area contributed by atoms with Crippen molar-refractivity contribution >= 4 is 0 Å². The van der Waals surface area contributed by atoms with Gasteiger partial charge in [-0.3, -0.25) is 0 Å². The van der Waals surface area contributed by atoms with Crippen molar-refractivity contribution in [3.05, 3.63) is 0 Å². The Morgan fingerprint density at radius 2 is 0.933 bits per heavy atom. The van der Waals surface area contributed by atoms with Gasteiger partial charge in [0.1, 0.15) is 0 Å². The maximum atomic E-state index is 2.95. The van der Waals surface area contributed by atoms with E-state index in [1.807, 2.05) is 0 Å². The van der Waals surface area contributed by atoms with Gasteiger partial charge >= 0.3 is 144 Å². The van der Waals surface area contributed by atoms with E-state index in [0.29, 0.717) is 0 Å². The van der Waals surface area contributed by atoms with Gasteiger partial charge in [-0.05, 0) is 0 Å². The first-order valence-corrected chi connectivity index (χ1v) is 20.5. The topological polar surface area (TPSA) is 0 Å². The number of fused-ring (bicyclic) bond motifs is 10. The summed E-state index contributed by atoms with van der Waals surface area (Å²) in [6, 6.07) is 0. The minimum absolute atomic E-state index is 1.02. The standard InChI is InChI=1S/C24H43.C5H5.Fe/c1-5-6-7-8-9-10-11-12-13-14-15-16-17-18-19-24-20-21(2)22(3)23(24)4;1-2-4-5-3-1;/h20H,5-19H2,1-4H3;1-5H;. The molecule has 0 nitrogen and oxygen atoms in total. The SMILES string of the molecule is CCCCCCCCCCCCCCCC[C]12[CH]3[C]4(C)[C]5(C)[C]1(C)[Fe]34251678[CH]2[CH]1[CH]6[CH]7[CH]28. The number of hydrogen-bond acceptors (Lipinski definition) is 0. The molecule has 30 heavy (non-hydrogen) atoms. The molecule has 0 aromatic rings. The monoisotopic (exact) mass is 452 g/mol. The molecule has 0 saturated carbocycles. The van der Waals surface area contributed by atoms with Crippen LogP contribution < -0.4 is 0 Å². The van der Waals surface area contributed by atoms with E-state index >= 15 is 0 Å². The molecule has 172 valence electrons. The predicted octanol–water partition coefficient (Wildman–Crippen LogP) is 10.8. The van der Waals surface area contributed by atoms with E-state index in [9.17, 15) is 0 Å². The fraction of sp³-hybridized carbons (Fsp3) is 1.00. The van der Waals surface area contributed by atoms with Crippen molar-refractivity contribution in [3.63, 3.8) is 0 Å². The summed E-state index contributed by atoms with van der Waals surface area (Å²) in [5.74, 6) is 0. The van der Waals surface area contributed by atoms with Gasteiger partial charge in [0.05, 0.1) is 0 Å². The van der Waals surface area contributed by atoms with Gasteiger partial charge < -0.3 is 0 Å². The summed E-state index contributed by atoms with van der Waals surface area (Å²) in [7, 11) is 0. The second-order valence-electron chi connectivity index (χ2n) is 16.4. The number of hydrogen-bond donors (Lipinski definition) is 0. The first-order valence-electron chi connectivity index (χ1n) is 14.5. The predicted molar refractivity (Wildman–Crippen MR) is 125 cm³/mol. The van der Waals surface area contributed by atoms with Gasteiger partial charge in [0, 0.05) is 0 Å². The molecule has 0 N–H and O–H groups in total. The summed E-state index contributed by atoms with van der Waals surface area (Å²) >= 11 is 0. The molecule has 0 aromatic heterocycles. The molecule has 0 radical (unpaired) electrons. The van der Waals surface area contributed by atoms with Crippen LogP contribution >= 0.6 is 0 Å². The zero-order chi connectivity index (χ0) is 20.4. The van der Waals surface area contributed by atoms with Gasteiger partial charge in [-0.1, -0.05) is 32.6 Å². The van der Waals surface area contributed by atoms with Crippen molar-refractivity contribution in [1.29, 1.82) is 0 Å². The average molecular weight is 453 g/mol. The summed E-state index contributed by atoms with van der Waals surface area (Å²) in [5.41, 5.74) is 0. The van der Waals surface area contributed by atoms with Crippen LogP contribution in [0.1, 0.15) is 124 Å². The molecule has 10 saturated heterocycles. The molecular formula is C29H48Fe. The van der Waals surface area contributed by atoms with Gasteiger partial charge in [0.2, 0.25) is 0 Å². The Labute approximate surface area is 176 Å².